The fourth-order valence-electron chi connectivity index (χ4n) is 4.04. The molecule has 0 saturated heterocycles. The predicted octanol–water partition coefficient (Wildman–Crippen LogP) is 5.07. The number of fused-ring (bicyclic) bond motifs is 2. The normalized spacial score (nSPS) is 25.6. The number of ether oxygens (including phenoxy) is 1. The molecule has 0 aromatic heterocycles. The average molecular weight is 387 g/mol. The maximum atomic E-state index is 12.4. The maximum Gasteiger partial charge on any atom is 0.410 e. The van der Waals surface area contributed by atoms with Gasteiger partial charge in [-0.25, -0.2) is 4.79 Å². The van der Waals surface area contributed by atoms with Crippen molar-refractivity contribution in [2.45, 2.75) is 39.3 Å². The van der Waals surface area contributed by atoms with Crippen LogP contribution in [0.25, 0.3) is 0 Å². The van der Waals surface area contributed by atoms with E-state index in [-0.39, 0.29) is 24.1 Å². The molecule has 0 fully saturated rings. The van der Waals surface area contributed by atoms with Crippen LogP contribution < -0.4 is 5.32 Å². The Morgan fingerprint density at radius 1 is 1.26 bits per heavy atom. The van der Waals surface area contributed by atoms with Crippen LogP contribution >= 0.6 is 11.6 Å². The second kappa shape index (κ2) is 8.22. The minimum absolute atomic E-state index is 0.150. The fourth-order valence-corrected chi connectivity index (χ4v) is 4.25. The highest BCUT2D eigenvalue weighted by molar-refractivity contribution is 6.31. The summed E-state index contributed by atoms with van der Waals surface area (Å²) in [4.78, 5) is 14.2. The van der Waals surface area contributed by atoms with E-state index in [0.29, 0.717) is 6.54 Å². The van der Waals surface area contributed by atoms with Gasteiger partial charge in [0.25, 0.3) is 0 Å². The lowest BCUT2D eigenvalue weighted by molar-refractivity contribution is 0.107. The van der Waals surface area contributed by atoms with Crippen molar-refractivity contribution in [3.8, 4) is 0 Å². The Balaban J connectivity index is 0.00000102. The number of nitrogens with one attached hydrogen (secondary N) is 1. The van der Waals surface area contributed by atoms with Crippen LogP contribution in [0.3, 0.4) is 0 Å². The Labute approximate surface area is 166 Å². The molecule has 1 aliphatic carbocycles. The van der Waals surface area contributed by atoms with Crippen molar-refractivity contribution in [3.63, 3.8) is 0 Å². The van der Waals surface area contributed by atoms with Crippen LogP contribution in [0.1, 0.15) is 37.4 Å². The molecular formula is C22H27ClN2O2. The van der Waals surface area contributed by atoms with E-state index in [0.717, 1.165) is 22.7 Å². The first kappa shape index (κ1) is 19.6. The lowest BCUT2D eigenvalue weighted by Gasteiger charge is -2.36. The van der Waals surface area contributed by atoms with Gasteiger partial charge in [0.1, 0.15) is 6.04 Å². The Kier molecular flexibility index (Phi) is 5.95. The minimum Gasteiger partial charge on any atom is -0.453 e. The van der Waals surface area contributed by atoms with Gasteiger partial charge in [0, 0.05) is 23.2 Å². The number of carbonyl (C=O) groups excluding carboxylic acids is 1. The van der Waals surface area contributed by atoms with Gasteiger partial charge >= 0.3 is 6.09 Å². The summed E-state index contributed by atoms with van der Waals surface area (Å²) in [7, 11) is 1.44. The van der Waals surface area contributed by atoms with E-state index in [1.54, 1.807) is 0 Å². The smallest absolute Gasteiger partial charge is 0.410 e. The molecule has 1 amide bonds. The monoisotopic (exact) mass is 386 g/mol. The molecule has 144 valence electrons. The van der Waals surface area contributed by atoms with Crippen molar-refractivity contribution >= 4 is 17.7 Å². The molecule has 4 rings (SSSR count). The first-order chi connectivity index (χ1) is 13.1. The van der Waals surface area contributed by atoms with E-state index < -0.39 is 0 Å². The molecule has 0 saturated carbocycles. The van der Waals surface area contributed by atoms with E-state index in [1.807, 2.05) is 24.8 Å². The quantitative estimate of drug-likeness (QED) is 0.732. The van der Waals surface area contributed by atoms with E-state index >= 15 is 0 Å². The summed E-state index contributed by atoms with van der Waals surface area (Å²) in [5.74, 6) is 0.264. The molecule has 3 atom stereocenters. The zero-order chi connectivity index (χ0) is 19.6. The summed E-state index contributed by atoms with van der Waals surface area (Å²) in [6.45, 7) is 6.71. The summed E-state index contributed by atoms with van der Waals surface area (Å²) in [6, 6.07) is 8.40. The highest BCUT2D eigenvalue weighted by Crippen LogP contribution is 2.44. The Morgan fingerprint density at radius 2 is 1.96 bits per heavy atom. The van der Waals surface area contributed by atoms with Crippen molar-refractivity contribution in [1.29, 1.82) is 0 Å². The largest absolute Gasteiger partial charge is 0.453 e. The van der Waals surface area contributed by atoms with E-state index in [2.05, 4.69) is 48.7 Å². The van der Waals surface area contributed by atoms with E-state index in [4.69, 9.17) is 16.3 Å². The number of carbonyl (C=O) groups is 1. The Bertz CT molecular complexity index is 795. The lowest BCUT2D eigenvalue weighted by Crippen LogP contribution is -2.41. The molecule has 1 N–H and O–H groups in total. The van der Waals surface area contributed by atoms with Crippen LogP contribution in [0.4, 0.5) is 4.79 Å². The molecule has 0 radical (unpaired) electrons. The van der Waals surface area contributed by atoms with Gasteiger partial charge < -0.3 is 10.1 Å². The number of aryl methyl sites for hydroxylation is 1. The van der Waals surface area contributed by atoms with Gasteiger partial charge in [-0.15, -0.1) is 0 Å². The van der Waals surface area contributed by atoms with Crippen molar-refractivity contribution in [2.24, 2.45) is 5.92 Å². The lowest BCUT2D eigenvalue weighted by atomic mass is 9.85. The molecule has 0 bridgehead atoms. The molecule has 1 aromatic carbocycles. The maximum absolute atomic E-state index is 12.4. The summed E-state index contributed by atoms with van der Waals surface area (Å²) < 4.78 is 5.04. The van der Waals surface area contributed by atoms with Gasteiger partial charge in [-0.3, -0.25) is 4.90 Å². The molecular weight excluding hydrogens is 360 g/mol. The SMILES string of the molecule is CC.COC(=O)N1CCC2=C(NC3C=CC(Cl)=CC23)C1c1ccc(C)cc1. The van der Waals surface area contributed by atoms with Crippen molar-refractivity contribution in [1.82, 2.24) is 10.2 Å². The second-order valence-corrected chi connectivity index (χ2v) is 7.21. The summed E-state index contributed by atoms with van der Waals surface area (Å²) in [5, 5.41) is 4.40. The van der Waals surface area contributed by atoms with Gasteiger partial charge in [0.15, 0.2) is 0 Å². The van der Waals surface area contributed by atoms with Gasteiger partial charge in [0.2, 0.25) is 0 Å². The summed E-state index contributed by atoms with van der Waals surface area (Å²) >= 11 is 6.23. The van der Waals surface area contributed by atoms with Gasteiger partial charge in [-0.2, -0.15) is 0 Å². The van der Waals surface area contributed by atoms with Crippen molar-refractivity contribution < 1.29 is 9.53 Å². The summed E-state index contributed by atoms with van der Waals surface area (Å²) in [6.07, 6.45) is 6.70. The van der Waals surface area contributed by atoms with Crippen LogP contribution in [0.5, 0.6) is 0 Å². The molecule has 1 aromatic rings. The average Bonchev–Trinajstić information content (AvgIpc) is 3.07. The second-order valence-electron chi connectivity index (χ2n) is 6.77. The first-order valence-electron chi connectivity index (χ1n) is 9.54. The van der Waals surface area contributed by atoms with Crippen LogP contribution in [0.2, 0.25) is 0 Å². The molecule has 3 aliphatic rings. The number of amides is 1. The zero-order valence-electron chi connectivity index (χ0n) is 16.3. The van der Waals surface area contributed by atoms with Crippen LogP contribution in [0.15, 0.2) is 58.8 Å². The number of methoxy groups -OCH3 is 1. The predicted molar refractivity (Wildman–Crippen MR) is 110 cm³/mol. The van der Waals surface area contributed by atoms with E-state index in [9.17, 15) is 4.79 Å². The standard InChI is InChI=1S/C20H21ClN2O2.C2H6/c1-12-3-5-13(6-4-12)19-18-15(9-10-23(19)20(24)25-2)16-11-14(21)7-8-17(16)22-18;1-2/h3-8,11,16-17,19,22H,9-10H2,1-2H3;1-2H3. The molecule has 5 heteroatoms. The molecule has 0 spiro atoms. The van der Waals surface area contributed by atoms with Gasteiger partial charge in [-0.1, -0.05) is 67.4 Å². The zero-order valence-corrected chi connectivity index (χ0v) is 17.1. The number of allylic oxidation sites excluding steroid dienone is 2. The van der Waals surface area contributed by atoms with Crippen molar-refractivity contribution in [2.75, 3.05) is 13.7 Å². The molecule has 2 heterocycles. The number of nitrogens with zero attached hydrogens (tertiary/aromatic N) is 1. The topological polar surface area (TPSA) is 41.6 Å². The Morgan fingerprint density at radius 3 is 2.63 bits per heavy atom. The van der Waals surface area contributed by atoms with Crippen LogP contribution in [0, 0.1) is 12.8 Å². The van der Waals surface area contributed by atoms with E-state index in [1.165, 1.54) is 18.2 Å². The van der Waals surface area contributed by atoms with Crippen molar-refractivity contribution in [3.05, 3.63) is 69.9 Å². The van der Waals surface area contributed by atoms with Gasteiger partial charge in [-0.05, 0) is 30.6 Å². The third-order valence-corrected chi connectivity index (χ3v) is 5.52. The third kappa shape index (κ3) is 3.63. The molecule has 3 unspecified atom stereocenters. The Hall–Kier alpha value is -2.20. The highest BCUT2D eigenvalue weighted by atomic mass is 35.5. The third-order valence-electron chi connectivity index (χ3n) is 5.27. The molecule has 4 nitrogen and oxygen atoms in total. The number of benzene rings is 1. The molecule has 2 aliphatic heterocycles. The van der Waals surface area contributed by atoms with Gasteiger partial charge in [0.05, 0.1) is 13.2 Å². The number of hydrogen-bond donors (Lipinski definition) is 1. The summed E-state index contributed by atoms with van der Waals surface area (Å²) in [5.41, 5.74) is 4.75. The van der Waals surface area contributed by atoms with Crippen LogP contribution in [-0.4, -0.2) is 30.7 Å². The number of rotatable bonds is 1. The highest BCUT2D eigenvalue weighted by Gasteiger charge is 2.43. The first-order valence-corrected chi connectivity index (χ1v) is 9.92. The molecule has 27 heavy (non-hydrogen) atoms. The number of hydrogen-bond acceptors (Lipinski definition) is 3. The fraction of sp³-hybridized carbons (Fsp3) is 0.409. The number of halogens is 1. The minimum atomic E-state index is -0.294. The van der Waals surface area contributed by atoms with Crippen LogP contribution in [-0.2, 0) is 4.74 Å².